The number of thiophene rings is 1. The van der Waals surface area contributed by atoms with Crippen LogP contribution in [0.15, 0.2) is 72.1 Å². The summed E-state index contributed by atoms with van der Waals surface area (Å²) in [6, 6.07) is 20.2. The zero-order valence-corrected chi connectivity index (χ0v) is 14.3. The third-order valence-electron chi connectivity index (χ3n) is 3.78. The van der Waals surface area contributed by atoms with Crippen LogP contribution in [0.25, 0.3) is 17.2 Å². The van der Waals surface area contributed by atoms with E-state index in [2.05, 4.69) is 35.8 Å². The molecule has 0 aliphatic carbocycles. The number of hydrogen-bond donors (Lipinski definition) is 1. The van der Waals surface area contributed by atoms with Gasteiger partial charge in [-0.1, -0.05) is 55.5 Å². The summed E-state index contributed by atoms with van der Waals surface area (Å²) in [5.41, 5.74) is 4.39. The molecule has 1 N–H and O–H groups in total. The molecule has 3 heteroatoms. The summed E-state index contributed by atoms with van der Waals surface area (Å²) < 4.78 is 0. The molecule has 0 radical (unpaired) electrons. The fourth-order valence-electron chi connectivity index (χ4n) is 2.50. The lowest BCUT2D eigenvalue weighted by molar-refractivity contribution is -0.111. The minimum absolute atomic E-state index is 0.106. The van der Waals surface area contributed by atoms with Crippen LogP contribution in [0.2, 0.25) is 0 Å². The van der Waals surface area contributed by atoms with Crippen molar-refractivity contribution in [1.29, 1.82) is 0 Å². The molecule has 2 nitrogen and oxygen atoms in total. The van der Waals surface area contributed by atoms with Crippen molar-refractivity contribution >= 4 is 29.0 Å². The fraction of sp³-hybridized carbons (Fsp3) is 0.0952. The average Bonchev–Trinajstić information content (AvgIpc) is 3.10. The van der Waals surface area contributed by atoms with Gasteiger partial charge < -0.3 is 5.32 Å². The van der Waals surface area contributed by atoms with Crippen molar-refractivity contribution in [3.8, 4) is 11.1 Å². The van der Waals surface area contributed by atoms with Gasteiger partial charge in [0.25, 0.3) is 0 Å². The molecule has 0 saturated carbocycles. The first-order valence-electron chi connectivity index (χ1n) is 7.97. The molecule has 0 bridgehead atoms. The number of carbonyl (C=O) groups excluding carboxylic acids is 1. The van der Waals surface area contributed by atoms with Crippen LogP contribution in [0.5, 0.6) is 0 Å². The first-order valence-corrected chi connectivity index (χ1v) is 8.85. The number of anilines is 1. The third-order valence-corrected chi connectivity index (χ3v) is 4.68. The van der Waals surface area contributed by atoms with E-state index in [-0.39, 0.29) is 5.91 Å². The van der Waals surface area contributed by atoms with E-state index >= 15 is 0 Å². The maximum atomic E-state index is 12.1. The Bertz CT molecular complexity index is 849. The highest BCUT2D eigenvalue weighted by Crippen LogP contribution is 2.26. The molecular formula is C21H19NOS. The van der Waals surface area contributed by atoms with Gasteiger partial charge in [0, 0.05) is 16.6 Å². The summed E-state index contributed by atoms with van der Waals surface area (Å²) in [6.45, 7) is 2.08. The summed E-state index contributed by atoms with van der Waals surface area (Å²) in [7, 11) is 0. The van der Waals surface area contributed by atoms with Gasteiger partial charge in [-0.25, -0.2) is 0 Å². The number of amides is 1. The van der Waals surface area contributed by atoms with Crippen LogP contribution in [0.3, 0.4) is 0 Å². The second-order valence-corrected chi connectivity index (χ2v) is 6.38. The number of aryl methyl sites for hydroxylation is 1. The van der Waals surface area contributed by atoms with Crippen LogP contribution in [0, 0.1) is 0 Å². The number of benzene rings is 2. The van der Waals surface area contributed by atoms with Gasteiger partial charge in [-0.15, -0.1) is 11.3 Å². The Hall–Kier alpha value is -2.65. The van der Waals surface area contributed by atoms with E-state index < -0.39 is 0 Å². The molecule has 0 atom stereocenters. The van der Waals surface area contributed by atoms with Crippen LogP contribution in [0.4, 0.5) is 5.69 Å². The molecule has 1 amide bonds. The quantitative estimate of drug-likeness (QED) is 0.602. The number of para-hydroxylation sites is 1. The lowest BCUT2D eigenvalue weighted by Crippen LogP contribution is -2.09. The largest absolute Gasteiger partial charge is 0.322 e. The summed E-state index contributed by atoms with van der Waals surface area (Å²) >= 11 is 1.63. The van der Waals surface area contributed by atoms with Gasteiger partial charge in [-0.3, -0.25) is 4.79 Å². The second kappa shape index (κ2) is 7.75. The van der Waals surface area contributed by atoms with Gasteiger partial charge in [-0.2, -0.15) is 0 Å². The Labute approximate surface area is 146 Å². The third kappa shape index (κ3) is 4.00. The molecule has 2 aromatic carbocycles. The van der Waals surface area contributed by atoms with Gasteiger partial charge in [0.05, 0.1) is 0 Å². The molecule has 120 valence electrons. The average molecular weight is 333 g/mol. The summed E-state index contributed by atoms with van der Waals surface area (Å²) in [4.78, 5) is 13.2. The number of nitrogens with one attached hydrogen (secondary N) is 1. The monoisotopic (exact) mass is 333 g/mol. The number of rotatable bonds is 5. The standard InChI is InChI=1S/C21H19NOS/c1-2-16-8-6-7-11-20(16)22-21(23)13-12-19-14-18(15-24-19)17-9-4-3-5-10-17/h3-15H,2H2,1H3,(H,22,23)/b13-12+. The summed E-state index contributed by atoms with van der Waals surface area (Å²) in [6.07, 6.45) is 4.35. The normalized spacial score (nSPS) is 10.9. The van der Waals surface area contributed by atoms with Gasteiger partial charge in [0.1, 0.15) is 0 Å². The van der Waals surface area contributed by atoms with Crippen molar-refractivity contribution < 1.29 is 4.79 Å². The van der Waals surface area contributed by atoms with E-state index in [4.69, 9.17) is 0 Å². The van der Waals surface area contributed by atoms with Crippen LogP contribution < -0.4 is 5.32 Å². The van der Waals surface area contributed by atoms with E-state index in [1.54, 1.807) is 17.4 Å². The molecule has 0 aliphatic rings. The maximum Gasteiger partial charge on any atom is 0.248 e. The van der Waals surface area contributed by atoms with Crippen molar-refractivity contribution in [1.82, 2.24) is 0 Å². The highest BCUT2D eigenvalue weighted by atomic mass is 32.1. The van der Waals surface area contributed by atoms with Crippen LogP contribution in [-0.4, -0.2) is 5.91 Å². The minimum atomic E-state index is -0.106. The van der Waals surface area contributed by atoms with E-state index in [9.17, 15) is 4.79 Å². The fourth-order valence-corrected chi connectivity index (χ4v) is 3.31. The molecule has 24 heavy (non-hydrogen) atoms. The van der Waals surface area contributed by atoms with Gasteiger partial charge in [0.2, 0.25) is 5.91 Å². The van der Waals surface area contributed by atoms with Crippen LogP contribution in [0.1, 0.15) is 17.4 Å². The Kier molecular flexibility index (Phi) is 5.24. The molecule has 0 unspecified atom stereocenters. The van der Waals surface area contributed by atoms with Crippen LogP contribution >= 0.6 is 11.3 Å². The first kappa shape index (κ1) is 16.2. The van der Waals surface area contributed by atoms with E-state index in [0.29, 0.717) is 0 Å². The predicted molar refractivity (Wildman–Crippen MR) is 103 cm³/mol. The second-order valence-electron chi connectivity index (χ2n) is 5.44. The van der Waals surface area contributed by atoms with E-state index in [1.807, 2.05) is 48.5 Å². The first-order chi connectivity index (χ1) is 11.8. The van der Waals surface area contributed by atoms with Crippen molar-refractivity contribution in [2.24, 2.45) is 0 Å². The molecule has 0 saturated heterocycles. The van der Waals surface area contributed by atoms with Crippen molar-refractivity contribution in [3.63, 3.8) is 0 Å². The van der Waals surface area contributed by atoms with Crippen LogP contribution in [-0.2, 0) is 11.2 Å². The lowest BCUT2D eigenvalue weighted by atomic mass is 10.1. The Morgan fingerprint density at radius 3 is 2.58 bits per heavy atom. The van der Waals surface area contributed by atoms with E-state index in [1.165, 1.54) is 11.1 Å². The van der Waals surface area contributed by atoms with Gasteiger partial charge >= 0.3 is 0 Å². The van der Waals surface area contributed by atoms with Crippen molar-refractivity contribution in [2.45, 2.75) is 13.3 Å². The van der Waals surface area contributed by atoms with Crippen molar-refractivity contribution in [2.75, 3.05) is 5.32 Å². The van der Waals surface area contributed by atoms with Crippen molar-refractivity contribution in [3.05, 3.63) is 82.6 Å². The Morgan fingerprint density at radius 2 is 1.79 bits per heavy atom. The molecule has 1 heterocycles. The molecule has 3 aromatic rings. The molecule has 0 spiro atoms. The lowest BCUT2D eigenvalue weighted by Gasteiger charge is -2.07. The zero-order valence-electron chi connectivity index (χ0n) is 13.5. The Morgan fingerprint density at radius 1 is 1.04 bits per heavy atom. The molecular weight excluding hydrogens is 314 g/mol. The predicted octanol–water partition coefficient (Wildman–Crippen LogP) is 5.63. The molecule has 3 rings (SSSR count). The minimum Gasteiger partial charge on any atom is -0.322 e. The maximum absolute atomic E-state index is 12.1. The Balaban J connectivity index is 1.68. The number of carbonyl (C=O) groups is 1. The highest BCUT2D eigenvalue weighted by Gasteiger charge is 2.03. The van der Waals surface area contributed by atoms with Gasteiger partial charge in [-0.05, 0) is 46.7 Å². The van der Waals surface area contributed by atoms with E-state index in [0.717, 1.165) is 22.5 Å². The van der Waals surface area contributed by atoms with Gasteiger partial charge in [0.15, 0.2) is 0 Å². The summed E-state index contributed by atoms with van der Waals surface area (Å²) in [5, 5.41) is 5.06. The molecule has 1 aromatic heterocycles. The number of hydrogen-bond acceptors (Lipinski definition) is 2. The summed E-state index contributed by atoms with van der Waals surface area (Å²) in [5.74, 6) is -0.106. The smallest absolute Gasteiger partial charge is 0.248 e. The topological polar surface area (TPSA) is 29.1 Å². The SMILES string of the molecule is CCc1ccccc1NC(=O)/C=C/c1cc(-c2ccccc2)cs1. The molecule has 0 fully saturated rings. The highest BCUT2D eigenvalue weighted by molar-refractivity contribution is 7.11. The zero-order chi connectivity index (χ0) is 16.8. The molecule has 0 aliphatic heterocycles.